The molecule has 7 N–H and O–H groups in total. The average molecular weight is 595 g/mol. The highest BCUT2D eigenvalue weighted by atomic mass is 32.2. The number of aliphatic carboxylic acids is 1. The van der Waals surface area contributed by atoms with Crippen molar-refractivity contribution in [3.63, 3.8) is 0 Å². The minimum Gasteiger partial charge on any atom is -0.543 e. The molecule has 4 heterocycles. The van der Waals surface area contributed by atoms with Gasteiger partial charge in [0.2, 0.25) is 23.2 Å². The van der Waals surface area contributed by atoms with Crippen LogP contribution in [0.5, 0.6) is 0 Å². The quantitative estimate of drug-likeness (QED) is 0.0569. The van der Waals surface area contributed by atoms with Crippen LogP contribution in [0.25, 0.3) is 0 Å². The van der Waals surface area contributed by atoms with Gasteiger partial charge in [0, 0.05) is 23.0 Å². The van der Waals surface area contributed by atoms with Gasteiger partial charge in [-0.3, -0.25) is 14.5 Å². The highest BCUT2D eigenvalue weighted by Gasteiger charge is 2.53. The van der Waals surface area contributed by atoms with E-state index in [1.807, 2.05) is 6.92 Å². The van der Waals surface area contributed by atoms with E-state index in [0.29, 0.717) is 23.1 Å². The van der Waals surface area contributed by atoms with Gasteiger partial charge in [0.25, 0.3) is 11.8 Å². The molecule has 2 aromatic rings. The van der Waals surface area contributed by atoms with Gasteiger partial charge < -0.3 is 37.3 Å². The number of carboxylic acids is 1. The van der Waals surface area contributed by atoms with E-state index < -0.39 is 29.2 Å². The number of nitrogens with zero attached hydrogens (tertiary/aromatic N) is 6. The zero-order chi connectivity index (χ0) is 28.3. The Morgan fingerprint density at radius 2 is 2.10 bits per heavy atom. The van der Waals surface area contributed by atoms with Gasteiger partial charge in [0.05, 0.1) is 24.3 Å². The van der Waals surface area contributed by atoms with Crippen LogP contribution in [-0.4, -0.2) is 72.3 Å². The maximum Gasteiger partial charge on any atom is 0.301 e. The summed E-state index contributed by atoms with van der Waals surface area (Å²) >= 11 is 3.45. The highest BCUT2D eigenvalue weighted by Crippen LogP contribution is 2.41. The van der Waals surface area contributed by atoms with Crippen molar-refractivity contribution in [3.05, 3.63) is 23.2 Å². The first-order chi connectivity index (χ1) is 18.7. The largest absolute Gasteiger partial charge is 0.543 e. The Labute approximate surface area is 235 Å². The zero-order valence-corrected chi connectivity index (χ0v) is 23.4. The molecule has 2 amide bonds. The fourth-order valence-corrected chi connectivity index (χ4v) is 6.86. The number of aromatic nitrogens is 4. The Bertz CT molecular complexity index is 1360. The number of nitrogen functional groups attached to an aromatic ring is 3. The Hall–Kier alpha value is -3.64. The van der Waals surface area contributed by atoms with Crippen LogP contribution in [0.15, 0.2) is 27.6 Å². The normalized spacial score (nSPS) is 19.0. The van der Waals surface area contributed by atoms with Crippen molar-refractivity contribution >= 4 is 75.3 Å². The van der Waals surface area contributed by atoms with Crippen molar-refractivity contribution in [1.29, 1.82) is 0 Å². The molecule has 2 aliphatic heterocycles. The third-order valence-corrected chi connectivity index (χ3v) is 8.51. The standard InChI is InChI=1S/C21H26N10O5S3/c1-3-5-30-11(23)6-10(22)25-21(30)38-8-9-7-37-18-13(17(33)31(18)14(9)19(34)35)26-16(32)12(28-36-4-2)15-27-20(24)39-29-15/h6,13,18H,3-5,7-8H2,1-2H3,(H7,22,23,24,26,27,29,32,34,35)/b28-12-/t13?,18-/m1/s1. The zero-order valence-electron chi connectivity index (χ0n) is 20.9. The first-order valence-corrected chi connectivity index (χ1v) is 14.5. The second-order valence-corrected chi connectivity index (χ2v) is 11.1. The number of anilines is 3. The summed E-state index contributed by atoms with van der Waals surface area (Å²) in [6, 6.07) is 0.556. The minimum atomic E-state index is -1.49. The minimum absolute atomic E-state index is 0.0471. The van der Waals surface area contributed by atoms with Crippen molar-refractivity contribution < 1.29 is 28.9 Å². The SMILES string of the molecule is CCC[n+]1c(N)cc(N)nc1SCC1=C(C(=O)[O-])N2C(=O)C(NC(=O)/C(=N\OCC)c3nsc(N)n3)[C@H]2SC1. The van der Waals surface area contributed by atoms with Crippen LogP contribution in [0.1, 0.15) is 26.1 Å². The van der Waals surface area contributed by atoms with Gasteiger partial charge in [-0.25, -0.2) is 4.57 Å². The van der Waals surface area contributed by atoms with E-state index in [-0.39, 0.29) is 46.3 Å². The van der Waals surface area contributed by atoms with Gasteiger partial charge in [-0.15, -0.1) is 11.8 Å². The van der Waals surface area contributed by atoms with Crippen LogP contribution in [0.3, 0.4) is 0 Å². The van der Waals surface area contributed by atoms with E-state index >= 15 is 0 Å². The summed E-state index contributed by atoms with van der Waals surface area (Å²) in [4.78, 5) is 52.6. The second-order valence-electron chi connectivity index (χ2n) is 8.24. The topological polar surface area (TPSA) is 232 Å². The molecule has 2 aromatic heterocycles. The summed E-state index contributed by atoms with van der Waals surface area (Å²) in [5.74, 6) is -1.71. The van der Waals surface area contributed by atoms with Crippen LogP contribution < -0.4 is 32.2 Å². The van der Waals surface area contributed by atoms with E-state index in [2.05, 4.69) is 24.8 Å². The predicted octanol–water partition coefficient (Wildman–Crippen LogP) is -1.69. The molecule has 2 aliphatic rings. The maximum atomic E-state index is 13.1. The summed E-state index contributed by atoms with van der Waals surface area (Å²) in [5.41, 5.74) is 17.6. The van der Waals surface area contributed by atoms with E-state index in [0.717, 1.165) is 22.9 Å². The Kier molecular flexibility index (Phi) is 8.76. The third-order valence-electron chi connectivity index (χ3n) is 5.57. The van der Waals surface area contributed by atoms with Crippen molar-refractivity contribution in [3.8, 4) is 0 Å². The molecule has 0 aliphatic carbocycles. The van der Waals surface area contributed by atoms with Gasteiger partial charge in [-0.2, -0.15) is 9.36 Å². The van der Waals surface area contributed by atoms with Gasteiger partial charge in [-0.1, -0.05) is 17.1 Å². The van der Waals surface area contributed by atoms with E-state index in [1.54, 1.807) is 17.6 Å². The van der Waals surface area contributed by atoms with E-state index in [4.69, 9.17) is 22.0 Å². The first kappa shape index (κ1) is 28.4. The van der Waals surface area contributed by atoms with Gasteiger partial charge >= 0.3 is 5.16 Å². The van der Waals surface area contributed by atoms with Crippen LogP contribution in [0, 0.1) is 0 Å². The molecule has 208 valence electrons. The molecule has 0 aromatic carbocycles. The molecule has 18 heteroatoms. The maximum absolute atomic E-state index is 13.1. The van der Waals surface area contributed by atoms with E-state index in [1.165, 1.54) is 23.5 Å². The average Bonchev–Trinajstić information content (AvgIpc) is 3.32. The summed E-state index contributed by atoms with van der Waals surface area (Å²) in [6.07, 6.45) is 0.802. The van der Waals surface area contributed by atoms with E-state index in [9.17, 15) is 19.5 Å². The van der Waals surface area contributed by atoms with Crippen molar-refractivity contribution in [2.75, 3.05) is 35.3 Å². The molecule has 39 heavy (non-hydrogen) atoms. The number of carbonyl (C=O) groups excluding carboxylic acids is 3. The second kappa shape index (κ2) is 12.0. The molecule has 1 fully saturated rings. The number of nitrogens with two attached hydrogens (primary N) is 3. The molecular weight excluding hydrogens is 568 g/mol. The lowest BCUT2D eigenvalue weighted by Crippen LogP contribution is -2.71. The number of hydrogen-bond donors (Lipinski definition) is 4. The number of carboxylic acid groups (broad SMARTS) is 1. The molecule has 2 atom stereocenters. The lowest BCUT2D eigenvalue weighted by atomic mass is 10.0. The van der Waals surface area contributed by atoms with Gasteiger partial charge in [0.1, 0.15) is 18.0 Å². The van der Waals surface area contributed by atoms with Crippen LogP contribution in [0.2, 0.25) is 0 Å². The van der Waals surface area contributed by atoms with Crippen LogP contribution in [0.4, 0.5) is 16.8 Å². The fourth-order valence-electron chi connectivity index (χ4n) is 3.89. The number of nitrogens with one attached hydrogen (secondary N) is 1. The highest BCUT2D eigenvalue weighted by molar-refractivity contribution is 8.01. The fraction of sp³-hybridized carbons (Fsp3) is 0.429. The number of carbonyl (C=O) groups is 3. The van der Waals surface area contributed by atoms with Gasteiger partial charge in [-0.05, 0) is 30.7 Å². The predicted molar refractivity (Wildman–Crippen MR) is 144 cm³/mol. The smallest absolute Gasteiger partial charge is 0.301 e. The lowest BCUT2D eigenvalue weighted by molar-refractivity contribution is -0.723. The summed E-state index contributed by atoms with van der Waals surface area (Å²) in [6.45, 7) is 4.46. The molecule has 15 nitrogen and oxygen atoms in total. The van der Waals surface area contributed by atoms with Crippen molar-refractivity contribution in [2.45, 2.75) is 43.4 Å². The Balaban J connectivity index is 1.52. The monoisotopic (exact) mass is 594 g/mol. The van der Waals surface area contributed by atoms with Gasteiger partial charge in [0.15, 0.2) is 5.13 Å². The molecule has 0 bridgehead atoms. The summed E-state index contributed by atoms with van der Waals surface area (Å²) in [5, 5.41) is 18.5. The lowest BCUT2D eigenvalue weighted by Gasteiger charge is -2.50. The molecule has 0 radical (unpaired) electrons. The number of hydrogen-bond acceptors (Lipinski definition) is 15. The number of thioether (sulfide) groups is 2. The molecule has 0 spiro atoms. The summed E-state index contributed by atoms with van der Waals surface area (Å²) < 4.78 is 5.77. The number of rotatable bonds is 11. The molecule has 0 saturated carbocycles. The molecule has 1 unspecified atom stereocenters. The number of amides is 2. The first-order valence-electron chi connectivity index (χ1n) is 11.7. The van der Waals surface area contributed by atoms with Crippen LogP contribution >= 0.6 is 35.1 Å². The molecule has 1 saturated heterocycles. The number of fused-ring (bicyclic) bond motifs is 1. The van der Waals surface area contributed by atoms with Crippen LogP contribution in [-0.2, 0) is 25.8 Å². The Morgan fingerprint density at radius 1 is 1.33 bits per heavy atom. The third kappa shape index (κ3) is 5.86. The Morgan fingerprint density at radius 3 is 2.74 bits per heavy atom. The van der Waals surface area contributed by atoms with Crippen molar-refractivity contribution in [2.24, 2.45) is 5.16 Å². The number of β-lactam (4-membered cyclic amide) rings is 1. The van der Waals surface area contributed by atoms with Crippen molar-refractivity contribution in [1.82, 2.24) is 24.6 Å². The molecule has 4 rings (SSSR count). The summed E-state index contributed by atoms with van der Waals surface area (Å²) in [7, 11) is 0. The number of oxime groups is 1. The molecular formula is C21H26N10O5S3.